The normalized spacial score (nSPS) is 11.1. The van der Waals surface area contributed by atoms with E-state index in [-0.39, 0.29) is 17.3 Å². The van der Waals surface area contributed by atoms with Crippen molar-refractivity contribution in [2.24, 2.45) is 0 Å². The van der Waals surface area contributed by atoms with Crippen LogP contribution in [0.25, 0.3) is 15.9 Å². The van der Waals surface area contributed by atoms with Crippen molar-refractivity contribution < 1.29 is 9.18 Å². The van der Waals surface area contributed by atoms with E-state index in [1.165, 1.54) is 28.0 Å². The number of amides is 1. The van der Waals surface area contributed by atoms with E-state index in [1.807, 2.05) is 19.9 Å². The van der Waals surface area contributed by atoms with E-state index >= 15 is 0 Å². The van der Waals surface area contributed by atoms with E-state index < -0.39 is 23.0 Å². The van der Waals surface area contributed by atoms with Crippen molar-refractivity contribution in [3.05, 3.63) is 90.6 Å². The molecule has 0 unspecified atom stereocenters. The fraction of sp³-hybridized carbons (Fsp3) is 0.136. The average molecular weight is 458 g/mol. The molecule has 1 amide bonds. The zero-order valence-corrected chi connectivity index (χ0v) is 18.2. The molecule has 0 radical (unpaired) electrons. The van der Waals surface area contributed by atoms with E-state index in [0.717, 1.165) is 21.8 Å². The molecule has 0 saturated carbocycles. The van der Waals surface area contributed by atoms with Crippen LogP contribution in [0.4, 0.5) is 10.1 Å². The molecule has 2 heterocycles. The molecule has 4 rings (SSSR count). The minimum Gasteiger partial charge on any atom is -0.323 e. The number of hydrogen-bond acceptors (Lipinski definition) is 4. The van der Waals surface area contributed by atoms with Gasteiger partial charge in [0.25, 0.3) is 5.56 Å². The Labute approximate surface area is 185 Å². The largest absolute Gasteiger partial charge is 0.336 e. The maximum atomic E-state index is 13.3. The fourth-order valence-corrected chi connectivity index (χ4v) is 4.30. The van der Waals surface area contributed by atoms with Crippen molar-refractivity contribution >= 4 is 44.7 Å². The summed E-state index contributed by atoms with van der Waals surface area (Å²) in [7, 11) is 0. The second-order valence-corrected chi connectivity index (χ2v) is 8.41. The number of nitrogens with one attached hydrogen (secondary N) is 1. The van der Waals surface area contributed by atoms with Crippen LogP contribution in [-0.4, -0.2) is 15.0 Å². The molecule has 2 aromatic heterocycles. The molecule has 0 atom stereocenters. The van der Waals surface area contributed by atoms with Gasteiger partial charge in [0.2, 0.25) is 5.91 Å². The van der Waals surface area contributed by atoms with Gasteiger partial charge in [-0.15, -0.1) is 11.3 Å². The van der Waals surface area contributed by atoms with Crippen LogP contribution in [0.5, 0.6) is 0 Å². The lowest BCUT2D eigenvalue weighted by Gasteiger charge is -2.13. The molecule has 4 aromatic rings. The molecule has 0 saturated heterocycles. The predicted octanol–water partition coefficient (Wildman–Crippen LogP) is 4.26. The lowest BCUT2D eigenvalue weighted by molar-refractivity contribution is -0.116. The van der Waals surface area contributed by atoms with Gasteiger partial charge in [0.15, 0.2) is 0 Å². The van der Waals surface area contributed by atoms with Crippen LogP contribution in [0, 0.1) is 19.7 Å². The number of aromatic nitrogens is 2. The van der Waals surface area contributed by atoms with E-state index in [2.05, 4.69) is 5.32 Å². The van der Waals surface area contributed by atoms with Crippen molar-refractivity contribution in [1.82, 2.24) is 9.13 Å². The lowest BCUT2D eigenvalue weighted by atomic mass is 10.1. The molecule has 6 nitrogen and oxygen atoms in total. The monoisotopic (exact) mass is 457 g/mol. The second-order valence-electron chi connectivity index (χ2n) is 7.09. The summed E-state index contributed by atoms with van der Waals surface area (Å²) < 4.78 is 15.9. The van der Waals surface area contributed by atoms with Crippen LogP contribution in [0.15, 0.2) is 57.4 Å². The summed E-state index contributed by atoms with van der Waals surface area (Å²) in [5, 5.41) is 4.32. The number of halogens is 2. The third kappa shape index (κ3) is 3.92. The molecule has 31 heavy (non-hydrogen) atoms. The maximum absolute atomic E-state index is 13.3. The highest BCUT2D eigenvalue weighted by atomic mass is 35.5. The molecule has 9 heteroatoms. The van der Waals surface area contributed by atoms with Crippen molar-refractivity contribution in [3.63, 3.8) is 0 Å². The molecule has 0 bridgehead atoms. The third-order valence-electron chi connectivity index (χ3n) is 5.01. The second kappa shape index (κ2) is 8.13. The first kappa shape index (κ1) is 21.0. The van der Waals surface area contributed by atoms with Crippen LogP contribution in [-0.2, 0) is 11.3 Å². The van der Waals surface area contributed by atoms with Crippen LogP contribution < -0.4 is 16.6 Å². The Bertz CT molecular complexity index is 1450. The van der Waals surface area contributed by atoms with Crippen molar-refractivity contribution in [2.45, 2.75) is 20.4 Å². The Hall–Kier alpha value is -3.23. The molecule has 0 aliphatic heterocycles. The highest BCUT2D eigenvalue weighted by Crippen LogP contribution is 2.23. The van der Waals surface area contributed by atoms with Crippen molar-refractivity contribution in [3.8, 4) is 5.69 Å². The van der Waals surface area contributed by atoms with E-state index in [0.29, 0.717) is 15.9 Å². The molecule has 1 N–H and O–H groups in total. The van der Waals surface area contributed by atoms with Crippen LogP contribution in [0.2, 0.25) is 5.02 Å². The van der Waals surface area contributed by atoms with Gasteiger partial charge in [0, 0.05) is 0 Å². The molecular formula is C22H17ClFN3O3S. The third-order valence-corrected chi connectivity index (χ3v) is 6.21. The van der Waals surface area contributed by atoms with Gasteiger partial charge < -0.3 is 5.32 Å². The average Bonchev–Trinajstić information content (AvgIpc) is 3.20. The maximum Gasteiger partial charge on any atom is 0.336 e. The number of fused-ring (bicyclic) bond motifs is 1. The first-order valence-electron chi connectivity index (χ1n) is 9.32. The summed E-state index contributed by atoms with van der Waals surface area (Å²) in [6, 6.07) is 10.5. The minimum atomic E-state index is -0.625. The molecule has 158 valence electrons. The number of nitrogens with zero attached hydrogens (tertiary/aromatic N) is 2. The number of aryl methyl sites for hydroxylation is 2. The SMILES string of the molecule is Cc1ccc(-n2c(=O)c3sccc3n(CC(=O)Nc3ccc(F)cc3Cl)c2=O)cc1C. The number of hydrogen-bond donors (Lipinski definition) is 1. The molecular weight excluding hydrogens is 441 g/mol. The quantitative estimate of drug-likeness (QED) is 0.497. The van der Waals surface area contributed by atoms with E-state index in [4.69, 9.17) is 11.6 Å². The van der Waals surface area contributed by atoms with Crippen LogP contribution >= 0.6 is 22.9 Å². The summed E-state index contributed by atoms with van der Waals surface area (Å²) in [5.41, 5.74) is 1.95. The number of thiophene rings is 1. The molecule has 2 aromatic carbocycles. The Morgan fingerprint density at radius 3 is 2.58 bits per heavy atom. The Morgan fingerprint density at radius 2 is 1.87 bits per heavy atom. The number of carbonyl (C=O) groups excluding carboxylic acids is 1. The summed E-state index contributed by atoms with van der Waals surface area (Å²) in [6.45, 7) is 3.49. The van der Waals surface area contributed by atoms with Gasteiger partial charge in [-0.3, -0.25) is 14.2 Å². The van der Waals surface area contributed by atoms with E-state index in [1.54, 1.807) is 23.6 Å². The molecule has 0 aliphatic carbocycles. The summed E-state index contributed by atoms with van der Waals surface area (Å²) >= 11 is 7.17. The standard InChI is InChI=1S/C22H17ClFN3O3S/c1-12-3-5-15(9-13(12)2)27-21(29)20-18(7-8-31-20)26(22(27)30)11-19(28)25-17-6-4-14(24)10-16(17)23/h3-10H,11H2,1-2H3,(H,25,28). The zero-order chi connectivity index (χ0) is 22.3. The van der Waals surface area contributed by atoms with Crippen molar-refractivity contribution in [1.29, 1.82) is 0 Å². The molecule has 0 spiro atoms. The fourth-order valence-electron chi connectivity index (χ4n) is 3.26. The van der Waals surface area contributed by atoms with Crippen LogP contribution in [0.1, 0.15) is 11.1 Å². The van der Waals surface area contributed by atoms with Gasteiger partial charge in [-0.05, 0) is 66.8 Å². The van der Waals surface area contributed by atoms with Gasteiger partial charge in [-0.1, -0.05) is 17.7 Å². The first-order chi connectivity index (χ1) is 14.8. The predicted molar refractivity (Wildman–Crippen MR) is 121 cm³/mol. The van der Waals surface area contributed by atoms with Crippen LogP contribution in [0.3, 0.4) is 0 Å². The Balaban J connectivity index is 1.80. The number of carbonyl (C=O) groups is 1. The van der Waals surface area contributed by atoms with Gasteiger partial charge in [-0.2, -0.15) is 0 Å². The summed E-state index contributed by atoms with van der Waals surface area (Å²) in [6.07, 6.45) is 0. The van der Waals surface area contributed by atoms with E-state index in [9.17, 15) is 18.8 Å². The van der Waals surface area contributed by atoms with Gasteiger partial charge in [0.05, 0.1) is 21.9 Å². The molecule has 0 fully saturated rings. The Kier molecular flexibility index (Phi) is 5.51. The number of anilines is 1. The van der Waals surface area contributed by atoms with Gasteiger partial charge in [0.1, 0.15) is 17.1 Å². The zero-order valence-electron chi connectivity index (χ0n) is 16.6. The molecule has 0 aliphatic rings. The topological polar surface area (TPSA) is 73.1 Å². The summed E-state index contributed by atoms with van der Waals surface area (Å²) in [4.78, 5) is 39.0. The smallest absolute Gasteiger partial charge is 0.323 e. The summed E-state index contributed by atoms with van der Waals surface area (Å²) in [5.74, 6) is -1.06. The Morgan fingerprint density at radius 1 is 1.10 bits per heavy atom. The number of rotatable bonds is 4. The van der Waals surface area contributed by atoms with Gasteiger partial charge in [-0.25, -0.2) is 13.8 Å². The van der Waals surface area contributed by atoms with Gasteiger partial charge >= 0.3 is 5.69 Å². The highest BCUT2D eigenvalue weighted by molar-refractivity contribution is 7.17. The van der Waals surface area contributed by atoms with Crippen molar-refractivity contribution in [2.75, 3.05) is 5.32 Å². The lowest BCUT2D eigenvalue weighted by Crippen LogP contribution is -2.40. The minimum absolute atomic E-state index is 0.0430. The first-order valence-corrected chi connectivity index (χ1v) is 10.6. The highest BCUT2D eigenvalue weighted by Gasteiger charge is 2.18. The number of benzene rings is 2.